The molecule has 0 fully saturated rings. The number of rotatable bonds is 4. The van der Waals surface area contributed by atoms with Gasteiger partial charge in [0, 0.05) is 22.2 Å². The van der Waals surface area contributed by atoms with E-state index in [-0.39, 0.29) is 0 Å². The molecule has 3 rings (SSSR count). The fourth-order valence-corrected chi connectivity index (χ4v) is 3.76. The average molecular weight is 416 g/mol. The van der Waals surface area contributed by atoms with E-state index in [4.69, 9.17) is 11.6 Å². The quantitative estimate of drug-likeness (QED) is 0.601. The zero-order chi connectivity index (χ0) is 18.1. The highest BCUT2D eigenvalue weighted by Gasteiger charge is 2.24. The van der Waals surface area contributed by atoms with E-state index in [0.29, 0.717) is 11.6 Å². The van der Waals surface area contributed by atoms with Crippen molar-refractivity contribution in [3.05, 3.63) is 92.7 Å². The lowest BCUT2D eigenvalue weighted by atomic mass is 9.90. The number of aryl methyl sites for hydroxylation is 1. The Morgan fingerprint density at radius 2 is 2.00 bits per heavy atom. The monoisotopic (exact) mass is 414 g/mol. The van der Waals surface area contributed by atoms with Gasteiger partial charge in [0.2, 0.25) is 0 Å². The van der Waals surface area contributed by atoms with Crippen molar-refractivity contribution in [1.29, 1.82) is 0 Å². The smallest absolute Gasteiger partial charge is 0.112 e. The highest BCUT2D eigenvalue weighted by Crippen LogP contribution is 2.41. The van der Waals surface area contributed by atoms with Gasteiger partial charge in [0.05, 0.1) is 10.7 Å². The molecule has 2 N–H and O–H groups in total. The normalized spacial score (nSPS) is 13.4. The van der Waals surface area contributed by atoms with Crippen LogP contribution < -0.4 is 10.6 Å². The molecule has 0 bridgehead atoms. The minimum atomic E-state index is 0.673. The molecular formula is C21H20BrClN2. The van der Waals surface area contributed by atoms with Gasteiger partial charge < -0.3 is 10.6 Å². The van der Waals surface area contributed by atoms with Gasteiger partial charge in [0.1, 0.15) is 5.82 Å². The Labute approximate surface area is 162 Å². The minimum Gasteiger partial charge on any atom is -0.367 e. The zero-order valence-electron chi connectivity index (χ0n) is 14.3. The Morgan fingerprint density at radius 1 is 1.28 bits per heavy atom. The van der Waals surface area contributed by atoms with Gasteiger partial charge in [0.15, 0.2) is 0 Å². The van der Waals surface area contributed by atoms with Gasteiger partial charge in [-0.05, 0) is 54.3 Å². The molecule has 2 nitrogen and oxygen atoms in total. The van der Waals surface area contributed by atoms with Crippen LogP contribution in [0.25, 0.3) is 5.57 Å². The molecule has 2 aromatic rings. The Kier molecular flexibility index (Phi) is 5.07. The summed E-state index contributed by atoms with van der Waals surface area (Å²) < 4.78 is 1.07. The van der Waals surface area contributed by atoms with Crippen molar-refractivity contribution in [2.24, 2.45) is 0 Å². The second kappa shape index (κ2) is 7.11. The van der Waals surface area contributed by atoms with Crippen LogP contribution in [0.2, 0.25) is 5.02 Å². The molecule has 128 valence electrons. The average Bonchev–Trinajstić information content (AvgIpc) is 2.54. The van der Waals surface area contributed by atoms with Gasteiger partial charge >= 0.3 is 0 Å². The van der Waals surface area contributed by atoms with Crippen LogP contribution >= 0.6 is 27.5 Å². The Balaban J connectivity index is 1.98. The second-order valence-corrected chi connectivity index (χ2v) is 7.51. The van der Waals surface area contributed by atoms with Crippen LogP contribution in [0.4, 0.5) is 5.69 Å². The number of halogens is 2. The topological polar surface area (TPSA) is 24.1 Å². The summed E-state index contributed by atoms with van der Waals surface area (Å²) in [6, 6.07) is 12.2. The maximum absolute atomic E-state index is 6.46. The maximum atomic E-state index is 6.46. The van der Waals surface area contributed by atoms with Crippen LogP contribution in [0.5, 0.6) is 0 Å². The first-order valence-electron chi connectivity index (χ1n) is 8.02. The summed E-state index contributed by atoms with van der Waals surface area (Å²) in [5, 5.41) is 7.62. The molecule has 1 heterocycles. The first kappa shape index (κ1) is 17.8. The number of benzene rings is 2. The molecule has 25 heavy (non-hydrogen) atoms. The molecule has 0 aromatic heterocycles. The molecule has 0 saturated carbocycles. The molecule has 0 amide bonds. The van der Waals surface area contributed by atoms with E-state index in [9.17, 15) is 0 Å². The second-order valence-electron chi connectivity index (χ2n) is 6.25. The van der Waals surface area contributed by atoms with Crippen LogP contribution in [0.3, 0.4) is 0 Å². The summed E-state index contributed by atoms with van der Waals surface area (Å²) >= 11 is 10.1. The summed E-state index contributed by atoms with van der Waals surface area (Å²) in [4.78, 5) is 0. The van der Waals surface area contributed by atoms with Gasteiger partial charge in [0.25, 0.3) is 0 Å². The minimum absolute atomic E-state index is 0.673. The van der Waals surface area contributed by atoms with Crippen molar-refractivity contribution < 1.29 is 0 Å². The van der Waals surface area contributed by atoms with Gasteiger partial charge in [-0.25, -0.2) is 0 Å². The number of fused-ring (bicyclic) bond motifs is 1. The van der Waals surface area contributed by atoms with Crippen molar-refractivity contribution in [3.63, 3.8) is 0 Å². The summed E-state index contributed by atoms with van der Waals surface area (Å²) in [7, 11) is 0. The van der Waals surface area contributed by atoms with E-state index in [2.05, 4.69) is 51.9 Å². The summed E-state index contributed by atoms with van der Waals surface area (Å²) in [5.41, 5.74) is 7.08. The fourth-order valence-electron chi connectivity index (χ4n) is 3.01. The van der Waals surface area contributed by atoms with E-state index in [1.165, 1.54) is 5.56 Å². The lowest BCUT2D eigenvalue weighted by molar-refractivity contribution is 0.804. The summed E-state index contributed by atoms with van der Waals surface area (Å²) in [6.07, 6.45) is 0. The maximum Gasteiger partial charge on any atom is 0.112 e. The molecular weight excluding hydrogens is 396 g/mol. The molecule has 0 radical (unpaired) electrons. The number of hydrogen-bond donors (Lipinski definition) is 2. The third kappa shape index (κ3) is 3.53. The molecule has 0 saturated heterocycles. The van der Waals surface area contributed by atoms with Crippen molar-refractivity contribution in [2.75, 3.05) is 5.32 Å². The lowest BCUT2D eigenvalue weighted by Crippen LogP contribution is -2.25. The third-order valence-electron chi connectivity index (χ3n) is 4.20. The van der Waals surface area contributed by atoms with Crippen LogP contribution in [0, 0.1) is 6.92 Å². The number of anilines is 1. The zero-order valence-corrected chi connectivity index (χ0v) is 16.7. The molecule has 1 aliphatic rings. The van der Waals surface area contributed by atoms with Gasteiger partial charge in [-0.3, -0.25) is 0 Å². The molecule has 0 unspecified atom stereocenters. The molecule has 0 spiro atoms. The van der Waals surface area contributed by atoms with E-state index >= 15 is 0 Å². The first-order valence-corrected chi connectivity index (χ1v) is 9.20. The molecule has 2 aromatic carbocycles. The first-order chi connectivity index (χ1) is 11.9. The number of hydrogen-bond acceptors (Lipinski definition) is 2. The van der Waals surface area contributed by atoms with Crippen molar-refractivity contribution in [1.82, 2.24) is 5.32 Å². The Bertz CT molecular complexity index is 912. The van der Waals surface area contributed by atoms with Gasteiger partial charge in [-0.2, -0.15) is 0 Å². The van der Waals surface area contributed by atoms with Crippen LogP contribution in [0.1, 0.15) is 23.6 Å². The SMILES string of the molecule is C=C(C)C1=C(NCc2ccccc2Br)Nc2c(Cl)cc(C)cc2C1=C. The number of nitrogens with one attached hydrogen (secondary N) is 2. The third-order valence-corrected chi connectivity index (χ3v) is 5.27. The van der Waals surface area contributed by atoms with Crippen LogP contribution in [-0.4, -0.2) is 0 Å². The molecule has 0 atom stereocenters. The van der Waals surface area contributed by atoms with Gasteiger partial charge in [-0.15, -0.1) is 0 Å². The van der Waals surface area contributed by atoms with E-state index in [0.717, 1.165) is 43.8 Å². The van der Waals surface area contributed by atoms with E-state index in [1.54, 1.807) is 0 Å². The van der Waals surface area contributed by atoms with Crippen molar-refractivity contribution >= 4 is 38.8 Å². The highest BCUT2D eigenvalue weighted by molar-refractivity contribution is 9.10. The van der Waals surface area contributed by atoms with E-state index < -0.39 is 0 Å². The van der Waals surface area contributed by atoms with Crippen molar-refractivity contribution in [3.8, 4) is 0 Å². The predicted octanol–water partition coefficient (Wildman–Crippen LogP) is 6.43. The molecule has 1 aliphatic heterocycles. The van der Waals surface area contributed by atoms with Crippen LogP contribution in [0.15, 0.2) is 71.0 Å². The summed E-state index contributed by atoms with van der Waals surface area (Å²) in [6.45, 7) is 13.1. The van der Waals surface area contributed by atoms with Crippen LogP contribution in [-0.2, 0) is 6.54 Å². The highest BCUT2D eigenvalue weighted by atomic mass is 79.9. The predicted molar refractivity (Wildman–Crippen MR) is 112 cm³/mol. The molecule has 0 aliphatic carbocycles. The van der Waals surface area contributed by atoms with Crippen molar-refractivity contribution in [2.45, 2.75) is 20.4 Å². The fraction of sp³-hybridized carbons (Fsp3) is 0.143. The molecule has 4 heteroatoms. The standard InChI is InChI=1S/C21H20BrClN2/c1-12(2)19-14(4)16-9-13(3)10-18(23)20(16)25-21(19)24-11-15-7-5-6-8-17(15)22/h5-10,24-25H,1,4,11H2,2-3H3. The Morgan fingerprint density at radius 3 is 2.68 bits per heavy atom. The van der Waals surface area contributed by atoms with E-state index in [1.807, 2.05) is 38.1 Å². The van der Waals surface area contributed by atoms with Gasteiger partial charge in [-0.1, -0.05) is 58.9 Å². The number of allylic oxidation sites excluding steroid dienone is 3. The Hall–Kier alpha value is -1.97. The lowest BCUT2D eigenvalue weighted by Gasteiger charge is -2.29. The summed E-state index contributed by atoms with van der Waals surface area (Å²) in [5.74, 6) is 0.881. The largest absolute Gasteiger partial charge is 0.367 e.